The zero-order chi connectivity index (χ0) is 16.8. The van der Waals surface area contributed by atoms with Gasteiger partial charge in [0, 0.05) is 18.5 Å². The highest BCUT2D eigenvalue weighted by molar-refractivity contribution is 6.01. The fraction of sp³-hybridized carbons (Fsp3) is 0.0588. The Labute approximate surface area is 138 Å². The van der Waals surface area contributed by atoms with Gasteiger partial charge >= 0.3 is 0 Å². The van der Waals surface area contributed by atoms with E-state index in [1.54, 1.807) is 36.5 Å². The van der Waals surface area contributed by atoms with E-state index in [0.717, 1.165) is 0 Å². The predicted molar refractivity (Wildman–Crippen MR) is 88.1 cm³/mol. The Hall–Kier alpha value is -3.48. The first kappa shape index (κ1) is 15.4. The number of aromatic amines is 1. The molecule has 0 aliphatic carbocycles. The van der Waals surface area contributed by atoms with Crippen LogP contribution in [0.4, 0.5) is 5.82 Å². The lowest BCUT2D eigenvalue weighted by molar-refractivity contribution is -0.118. The summed E-state index contributed by atoms with van der Waals surface area (Å²) < 4.78 is 0. The molecule has 3 N–H and O–H groups in total. The first-order chi connectivity index (χ1) is 11.7. The number of rotatable bonds is 5. The average molecular weight is 321 g/mol. The molecule has 0 spiro atoms. The third-order valence-electron chi connectivity index (χ3n) is 3.35. The summed E-state index contributed by atoms with van der Waals surface area (Å²) in [5.41, 5.74) is 1.06. The van der Waals surface area contributed by atoms with Crippen molar-refractivity contribution in [3.05, 3.63) is 78.2 Å². The summed E-state index contributed by atoms with van der Waals surface area (Å²) >= 11 is 0. The minimum absolute atomic E-state index is 0.373. The molecule has 2 heterocycles. The van der Waals surface area contributed by atoms with Crippen molar-refractivity contribution in [2.24, 2.45) is 0 Å². The summed E-state index contributed by atoms with van der Waals surface area (Å²) in [5, 5.41) is 11.9. The maximum Gasteiger partial charge on any atom is 0.253 e. The third-order valence-corrected chi connectivity index (χ3v) is 3.35. The number of carbonyl (C=O) groups excluding carboxylic acids is 2. The Morgan fingerprint density at radius 3 is 2.50 bits per heavy atom. The van der Waals surface area contributed by atoms with Crippen molar-refractivity contribution in [2.75, 3.05) is 5.32 Å². The third kappa shape index (κ3) is 3.64. The molecule has 7 nitrogen and oxygen atoms in total. The summed E-state index contributed by atoms with van der Waals surface area (Å²) in [6.07, 6.45) is 4.56. The van der Waals surface area contributed by atoms with Crippen molar-refractivity contribution in [1.82, 2.24) is 20.5 Å². The number of nitrogens with one attached hydrogen (secondary N) is 3. The van der Waals surface area contributed by atoms with E-state index in [1.165, 1.54) is 12.4 Å². The normalized spacial score (nSPS) is 11.5. The molecule has 120 valence electrons. The standard InChI is InChI=1S/C17H15N5O2/c23-16(13-7-4-9-18-11-13)21-15(12-5-2-1-3-6-12)17(24)20-14-8-10-19-22-14/h1-11,15H,(H,21,23)(H2,19,20,22,24). The fourth-order valence-corrected chi connectivity index (χ4v) is 2.19. The van der Waals surface area contributed by atoms with Crippen molar-refractivity contribution in [1.29, 1.82) is 0 Å². The molecule has 0 aliphatic rings. The minimum atomic E-state index is -0.845. The topological polar surface area (TPSA) is 99.8 Å². The van der Waals surface area contributed by atoms with Crippen LogP contribution in [0.1, 0.15) is 22.0 Å². The summed E-state index contributed by atoms with van der Waals surface area (Å²) in [5.74, 6) is -0.295. The molecule has 0 saturated carbocycles. The summed E-state index contributed by atoms with van der Waals surface area (Å²) in [6, 6.07) is 13.1. The first-order valence-electron chi connectivity index (χ1n) is 7.30. The van der Waals surface area contributed by atoms with Crippen molar-refractivity contribution < 1.29 is 9.59 Å². The minimum Gasteiger partial charge on any atom is -0.336 e. The van der Waals surface area contributed by atoms with E-state index >= 15 is 0 Å². The highest BCUT2D eigenvalue weighted by Crippen LogP contribution is 2.16. The van der Waals surface area contributed by atoms with E-state index in [-0.39, 0.29) is 11.8 Å². The van der Waals surface area contributed by atoms with Gasteiger partial charge in [0.1, 0.15) is 11.9 Å². The molecule has 7 heteroatoms. The van der Waals surface area contributed by atoms with Crippen LogP contribution in [0, 0.1) is 0 Å². The number of carbonyl (C=O) groups is 2. The first-order valence-corrected chi connectivity index (χ1v) is 7.30. The predicted octanol–water partition coefficient (Wildman–Crippen LogP) is 1.91. The van der Waals surface area contributed by atoms with Gasteiger partial charge in [-0.1, -0.05) is 30.3 Å². The number of hydrogen-bond acceptors (Lipinski definition) is 4. The summed E-state index contributed by atoms with van der Waals surface area (Å²) in [4.78, 5) is 28.9. The van der Waals surface area contributed by atoms with Gasteiger partial charge in [-0.05, 0) is 17.7 Å². The van der Waals surface area contributed by atoms with Gasteiger partial charge in [0.15, 0.2) is 0 Å². The van der Waals surface area contributed by atoms with E-state index < -0.39 is 6.04 Å². The molecular weight excluding hydrogens is 306 g/mol. The van der Waals surface area contributed by atoms with Crippen LogP contribution < -0.4 is 10.6 Å². The maximum atomic E-state index is 12.6. The number of nitrogens with zero attached hydrogens (tertiary/aromatic N) is 2. The van der Waals surface area contributed by atoms with Gasteiger partial charge < -0.3 is 10.6 Å². The van der Waals surface area contributed by atoms with Gasteiger partial charge in [-0.25, -0.2) is 0 Å². The van der Waals surface area contributed by atoms with Crippen LogP contribution in [0.15, 0.2) is 67.1 Å². The number of benzene rings is 1. The highest BCUT2D eigenvalue weighted by atomic mass is 16.2. The van der Waals surface area contributed by atoms with Crippen LogP contribution in [0.2, 0.25) is 0 Å². The highest BCUT2D eigenvalue weighted by Gasteiger charge is 2.23. The lowest BCUT2D eigenvalue weighted by Gasteiger charge is -2.18. The van der Waals surface area contributed by atoms with Gasteiger partial charge in [0.25, 0.3) is 11.8 Å². The lowest BCUT2D eigenvalue weighted by atomic mass is 10.1. The monoisotopic (exact) mass is 321 g/mol. The van der Waals surface area contributed by atoms with Crippen LogP contribution in [-0.4, -0.2) is 27.0 Å². The van der Waals surface area contributed by atoms with E-state index in [2.05, 4.69) is 25.8 Å². The molecule has 0 radical (unpaired) electrons. The molecule has 2 amide bonds. The number of anilines is 1. The largest absolute Gasteiger partial charge is 0.336 e. The molecule has 0 bridgehead atoms. The van der Waals surface area contributed by atoms with Gasteiger partial charge in [0.2, 0.25) is 0 Å². The van der Waals surface area contributed by atoms with Crippen LogP contribution in [0.3, 0.4) is 0 Å². The molecule has 0 aliphatic heterocycles. The molecule has 3 aromatic rings. The van der Waals surface area contributed by atoms with Crippen LogP contribution >= 0.6 is 0 Å². The number of H-pyrrole nitrogens is 1. The van der Waals surface area contributed by atoms with Crippen molar-refractivity contribution in [3.8, 4) is 0 Å². The second kappa shape index (κ2) is 7.19. The van der Waals surface area contributed by atoms with Crippen LogP contribution in [-0.2, 0) is 4.79 Å². The van der Waals surface area contributed by atoms with Crippen molar-refractivity contribution in [2.45, 2.75) is 6.04 Å². The smallest absolute Gasteiger partial charge is 0.253 e. The molecule has 1 atom stereocenters. The quantitative estimate of drug-likeness (QED) is 0.668. The second-order valence-electron chi connectivity index (χ2n) is 5.02. The zero-order valence-corrected chi connectivity index (χ0v) is 12.6. The van der Waals surface area contributed by atoms with E-state index in [1.807, 2.05) is 18.2 Å². The van der Waals surface area contributed by atoms with E-state index in [9.17, 15) is 9.59 Å². The lowest BCUT2D eigenvalue weighted by Crippen LogP contribution is -2.37. The maximum absolute atomic E-state index is 12.6. The van der Waals surface area contributed by atoms with Crippen LogP contribution in [0.25, 0.3) is 0 Å². The van der Waals surface area contributed by atoms with Gasteiger partial charge in [-0.3, -0.25) is 19.7 Å². The molecule has 0 fully saturated rings. The number of aromatic nitrogens is 3. The van der Waals surface area contributed by atoms with Crippen molar-refractivity contribution >= 4 is 17.6 Å². The van der Waals surface area contributed by atoms with E-state index in [0.29, 0.717) is 16.9 Å². The second-order valence-corrected chi connectivity index (χ2v) is 5.02. The molecule has 2 aromatic heterocycles. The van der Waals surface area contributed by atoms with Gasteiger partial charge in [0.05, 0.1) is 11.8 Å². The SMILES string of the molecule is O=C(NC(C(=O)Nc1ccn[nH]1)c1ccccc1)c1cccnc1. The van der Waals surface area contributed by atoms with Gasteiger partial charge in [-0.15, -0.1) is 0 Å². The van der Waals surface area contributed by atoms with Crippen molar-refractivity contribution in [3.63, 3.8) is 0 Å². The summed E-state index contributed by atoms with van der Waals surface area (Å²) in [7, 11) is 0. The molecule has 3 rings (SSSR count). The fourth-order valence-electron chi connectivity index (χ4n) is 2.19. The number of pyridine rings is 1. The Morgan fingerprint density at radius 1 is 1.00 bits per heavy atom. The van der Waals surface area contributed by atoms with Gasteiger partial charge in [-0.2, -0.15) is 5.10 Å². The molecular formula is C17H15N5O2. The van der Waals surface area contributed by atoms with Crippen LogP contribution in [0.5, 0.6) is 0 Å². The molecule has 0 saturated heterocycles. The molecule has 1 aromatic carbocycles. The van der Waals surface area contributed by atoms with E-state index in [4.69, 9.17) is 0 Å². The average Bonchev–Trinajstić information content (AvgIpc) is 3.14. The number of hydrogen-bond donors (Lipinski definition) is 3. The zero-order valence-electron chi connectivity index (χ0n) is 12.6. The Morgan fingerprint density at radius 2 is 1.83 bits per heavy atom. The Balaban J connectivity index is 1.82. The molecule has 1 unspecified atom stereocenters. The summed E-state index contributed by atoms with van der Waals surface area (Å²) in [6.45, 7) is 0. The Bertz CT molecular complexity index is 804. The Kier molecular flexibility index (Phi) is 4.62. The number of amides is 2. The molecule has 24 heavy (non-hydrogen) atoms.